The van der Waals surface area contributed by atoms with E-state index < -0.39 is 6.69 Å². The molecular weight excluding hydrogens is 271 g/mol. The Morgan fingerprint density at radius 1 is 1.50 bits per heavy atom. The van der Waals surface area contributed by atoms with E-state index >= 15 is 0 Å². The van der Waals surface area contributed by atoms with E-state index in [4.69, 9.17) is 22.2 Å². The van der Waals surface area contributed by atoms with Crippen LogP contribution in [0.3, 0.4) is 0 Å². The topological polar surface area (TPSA) is 0 Å². The Hall–Kier alpha value is 0.977. The van der Waals surface area contributed by atoms with Crippen molar-refractivity contribution in [2.24, 2.45) is 0 Å². The number of halogens is 3. The van der Waals surface area contributed by atoms with Crippen LogP contribution in [0.4, 0.5) is 0 Å². The fourth-order valence-corrected chi connectivity index (χ4v) is 4.63. The standard InChI is InChI=1S/C5H5BrCl2SSi/c1-10(7,8)5-3-2-4(6)9-5/h2-3H,1H3. The van der Waals surface area contributed by atoms with Gasteiger partial charge in [0.2, 0.25) is 0 Å². The quantitative estimate of drug-likeness (QED) is 0.545. The molecule has 1 rings (SSSR count). The molecule has 0 unspecified atom stereocenters. The monoisotopic (exact) mass is 274 g/mol. The van der Waals surface area contributed by atoms with Crippen molar-refractivity contribution in [3.63, 3.8) is 0 Å². The van der Waals surface area contributed by atoms with Gasteiger partial charge in [-0.15, -0.1) is 33.5 Å². The zero-order valence-electron chi connectivity index (χ0n) is 5.20. The highest BCUT2D eigenvalue weighted by Gasteiger charge is 2.25. The van der Waals surface area contributed by atoms with Gasteiger partial charge in [0.05, 0.1) is 3.79 Å². The molecule has 1 heterocycles. The maximum absolute atomic E-state index is 5.97. The van der Waals surface area contributed by atoms with E-state index in [1.54, 1.807) is 11.3 Å². The molecule has 0 radical (unpaired) electrons. The van der Waals surface area contributed by atoms with Gasteiger partial charge in [-0.1, -0.05) is 0 Å². The Labute approximate surface area is 82.7 Å². The van der Waals surface area contributed by atoms with E-state index in [2.05, 4.69) is 15.9 Å². The predicted octanol–water partition coefficient (Wildman–Crippen LogP) is 3.27. The summed E-state index contributed by atoms with van der Waals surface area (Å²) in [5.74, 6) is 0. The van der Waals surface area contributed by atoms with Crippen LogP contribution < -0.4 is 4.50 Å². The Morgan fingerprint density at radius 3 is 2.30 bits per heavy atom. The van der Waals surface area contributed by atoms with Crippen LogP contribution in [-0.2, 0) is 0 Å². The molecule has 0 saturated carbocycles. The lowest BCUT2D eigenvalue weighted by molar-refractivity contribution is 1.98. The molecule has 1 aromatic rings. The first-order chi connectivity index (χ1) is 4.50. The molecule has 10 heavy (non-hydrogen) atoms. The van der Waals surface area contributed by atoms with Gasteiger partial charge < -0.3 is 0 Å². The summed E-state index contributed by atoms with van der Waals surface area (Å²) in [5.41, 5.74) is 0. The number of hydrogen-bond acceptors (Lipinski definition) is 1. The Kier molecular flexibility index (Phi) is 2.86. The van der Waals surface area contributed by atoms with E-state index in [0.29, 0.717) is 0 Å². The second-order valence-corrected chi connectivity index (χ2v) is 12.2. The Bertz CT molecular complexity index is 230. The summed E-state index contributed by atoms with van der Waals surface area (Å²) in [5, 5.41) is 0. The van der Waals surface area contributed by atoms with Crippen molar-refractivity contribution in [1.29, 1.82) is 0 Å². The second kappa shape index (κ2) is 3.15. The molecular formula is C5H5BrCl2SSi. The molecule has 0 aliphatic heterocycles. The third-order valence-electron chi connectivity index (χ3n) is 1.01. The largest absolute Gasteiger partial charge is 0.287 e. The van der Waals surface area contributed by atoms with Crippen molar-refractivity contribution >= 4 is 60.6 Å². The van der Waals surface area contributed by atoms with Crippen molar-refractivity contribution in [2.45, 2.75) is 6.55 Å². The summed E-state index contributed by atoms with van der Waals surface area (Å²) in [7, 11) is 0. The minimum absolute atomic E-state index is 1.09. The average Bonchev–Trinajstić information content (AvgIpc) is 2.11. The lowest BCUT2D eigenvalue weighted by atomic mass is 10.7. The SMILES string of the molecule is C[Si](Cl)(Cl)c1ccc(Br)s1. The molecule has 0 aromatic carbocycles. The first-order valence-corrected chi connectivity index (χ1v) is 8.77. The second-order valence-electron chi connectivity index (χ2n) is 1.99. The van der Waals surface area contributed by atoms with Gasteiger partial charge in [-0.3, -0.25) is 0 Å². The summed E-state index contributed by atoms with van der Waals surface area (Å²) >= 11 is 16.9. The van der Waals surface area contributed by atoms with Crippen LogP contribution in [0, 0.1) is 0 Å². The van der Waals surface area contributed by atoms with Crippen molar-refractivity contribution in [1.82, 2.24) is 0 Å². The first kappa shape index (κ1) is 9.07. The molecule has 1 aromatic heterocycles. The molecule has 0 atom stereocenters. The third kappa shape index (κ3) is 2.24. The molecule has 0 fully saturated rings. The normalized spacial score (nSPS) is 12.0. The summed E-state index contributed by atoms with van der Waals surface area (Å²) in [4.78, 5) is 0. The van der Waals surface area contributed by atoms with E-state index in [1.165, 1.54) is 0 Å². The summed E-state index contributed by atoms with van der Waals surface area (Å²) in [6.45, 7) is -0.182. The van der Waals surface area contributed by atoms with E-state index in [0.717, 1.165) is 8.29 Å². The fraction of sp³-hybridized carbons (Fsp3) is 0.200. The van der Waals surface area contributed by atoms with Gasteiger partial charge in [0.25, 0.3) is 6.69 Å². The predicted molar refractivity (Wildman–Crippen MR) is 55.0 cm³/mol. The van der Waals surface area contributed by atoms with Gasteiger partial charge in [0.1, 0.15) is 0 Å². The third-order valence-corrected chi connectivity index (χ3v) is 6.90. The van der Waals surface area contributed by atoms with Crippen molar-refractivity contribution in [3.05, 3.63) is 15.9 Å². The van der Waals surface area contributed by atoms with Crippen LogP contribution in [-0.4, -0.2) is 6.69 Å². The van der Waals surface area contributed by atoms with E-state index in [-0.39, 0.29) is 0 Å². The fourth-order valence-electron chi connectivity index (χ4n) is 0.550. The number of thiophene rings is 1. The van der Waals surface area contributed by atoms with Crippen LogP contribution in [0.5, 0.6) is 0 Å². The summed E-state index contributed by atoms with van der Waals surface area (Å²) in [6, 6.07) is 3.94. The number of hydrogen-bond donors (Lipinski definition) is 0. The maximum Gasteiger partial charge on any atom is 0.287 e. The molecule has 56 valence electrons. The van der Waals surface area contributed by atoms with Gasteiger partial charge >= 0.3 is 0 Å². The van der Waals surface area contributed by atoms with E-state index in [1.807, 2.05) is 18.7 Å². The van der Waals surface area contributed by atoms with Gasteiger partial charge in [0, 0.05) is 4.50 Å². The van der Waals surface area contributed by atoms with Crippen LogP contribution >= 0.6 is 49.4 Å². The van der Waals surface area contributed by atoms with Crippen LogP contribution in [0.25, 0.3) is 0 Å². The zero-order valence-corrected chi connectivity index (χ0v) is 10.1. The summed E-state index contributed by atoms with van der Waals surface area (Å²) < 4.78 is 2.19. The van der Waals surface area contributed by atoms with Crippen LogP contribution in [0.2, 0.25) is 6.55 Å². The molecule has 0 aliphatic rings. The lowest BCUT2D eigenvalue weighted by Crippen LogP contribution is -2.29. The van der Waals surface area contributed by atoms with E-state index in [9.17, 15) is 0 Å². The smallest absolute Gasteiger partial charge is 0.139 e. The molecule has 0 saturated heterocycles. The maximum atomic E-state index is 5.97. The first-order valence-electron chi connectivity index (χ1n) is 2.64. The summed E-state index contributed by atoms with van der Waals surface area (Å²) in [6.07, 6.45) is 0. The van der Waals surface area contributed by atoms with Crippen molar-refractivity contribution in [2.75, 3.05) is 0 Å². The molecule has 5 heteroatoms. The number of rotatable bonds is 1. The molecule has 0 nitrogen and oxygen atoms in total. The highest BCUT2D eigenvalue weighted by atomic mass is 79.9. The molecule has 0 aliphatic carbocycles. The zero-order chi connectivity index (χ0) is 7.78. The molecule has 0 N–H and O–H groups in total. The highest BCUT2D eigenvalue weighted by molar-refractivity contribution is 9.11. The van der Waals surface area contributed by atoms with Gasteiger partial charge in [-0.25, -0.2) is 0 Å². The Morgan fingerprint density at radius 2 is 2.10 bits per heavy atom. The van der Waals surface area contributed by atoms with Crippen molar-refractivity contribution in [3.8, 4) is 0 Å². The van der Waals surface area contributed by atoms with Crippen LogP contribution in [0.15, 0.2) is 15.9 Å². The van der Waals surface area contributed by atoms with Gasteiger partial charge in [0.15, 0.2) is 0 Å². The minimum Gasteiger partial charge on any atom is -0.139 e. The molecule has 0 spiro atoms. The van der Waals surface area contributed by atoms with Gasteiger partial charge in [-0.2, -0.15) is 0 Å². The minimum atomic E-state index is -2.08. The lowest BCUT2D eigenvalue weighted by Gasteiger charge is -2.04. The highest BCUT2D eigenvalue weighted by Crippen LogP contribution is 2.22. The van der Waals surface area contributed by atoms with Crippen molar-refractivity contribution < 1.29 is 0 Å². The average molecular weight is 276 g/mol. The molecule has 0 amide bonds. The molecule has 0 bridgehead atoms. The van der Waals surface area contributed by atoms with Crippen LogP contribution in [0.1, 0.15) is 0 Å². The van der Waals surface area contributed by atoms with Gasteiger partial charge in [-0.05, 0) is 34.6 Å². The Balaban J connectivity index is 2.96.